The molecule has 0 saturated carbocycles. The first kappa shape index (κ1) is 9.22. The van der Waals surface area contributed by atoms with E-state index in [4.69, 9.17) is 9.47 Å². The summed E-state index contributed by atoms with van der Waals surface area (Å²) in [5, 5.41) is 0. The molecule has 2 aliphatic rings. The Balaban J connectivity index is 2.05. The minimum atomic E-state index is -0.393. The van der Waals surface area contributed by atoms with Crippen molar-refractivity contribution in [3.05, 3.63) is 12.2 Å². The van der Waals surface area contributed by atoms with Crippen molar-refractivity contribution in [3.8, 4) is 0 Å². The molecule has 0 aromatic heterocycles. The van der Waals surface area contributed by atoms with Gasteiger partial charge in [0, 0.05) is 6.42 Å². The zero-order chi connectivity index (χ0) is 9.53. The van der Waals surface area contributed by atoms with Gasteiger partial charge in [-0.25, -0.2) is 0 Å². The number of ether oxygens (including phenoxy) is 2. The first-order valence-electron chi connectivity index (χ1n) is 5.06. The number of rotatable bonds is 0. The van der Waals surface area contributed by atoms with E-state index >= 15 is 0 Å². The molecular weight excluding hydrogens is 164 g/mol. The standard InChI is InChI=1S/C11H18O2/c1-9-4-5-11(12-8-9)7-6-10(2,3)13-11/h6-7,9H,4-5,8H2,1-3H3/t9-,11+/m1/s1. The van der Waals surface area contributed by atoms with Crippen molar-refractivity contribution < 1.29 is 9.47 Å². The van der Waals surface area contributed by atoms with E-state index in [2.05, 4.69) is 32.9 Å². The van der Waals surface area contributed by atoms with E-state index in [-0.39, 0.29) is 5.60 Å². The Hall–Kier alpha value is -0.340. The zero-order valence-electron chi connectivity index (χ0n) is 8.67. The highest BCUT2D eigenvalue weighted by Crippen LogP contribution is 2.39. The molecule has 0 amide bonds. The van der Waals surface area contributed by atoms with E-state index in [9.17, 15) is 0 Å². The van der Waals surface area contributed by atoms with E-state index in [0.717, 1.165) is 13.0 Å². The van der Waals surface area contributed by atoms with Crippen molar-refractivity contribution in [2.24, 2.45) is 5.92 Å². The van der Waals surface area contributed by atoms with E-state index < -0.39 is 5.79 Å². The van der Waals surface area contributed by atoms with Crippen LogP contribution >= 0.6 is 0 Å². The highest BCUT2D eigenvalue weighted by Gasteiger charge is 2.42. The topological polar surface area (TPSA) is 18.5 Å². The lowest BCUT2D eigenvalue weighted by molar-refractivity contribution is -0.252. The predicted molar refractivity (Wildman–Crippen MR) is 51.4 cm³/mol. The van der Waals surface area contributed by atoms with Gasteiger partial charge < -0.3 is 9.47 Å². The molecule has 2 heteroatoms. The molecule has 1 spiro atoms. The summed E-state index contributed by atoms with van der Waals surface area (Å²) in [7, 11) is 0. The molecule has 1 fully saturated rings. The van der Waals surface area contributed by atoms with Crippen molar-refractivity contribution in [1.82, 2.24) is 0 Å². The molecule has 2 heterocycles. The van der Waals surface area contributed by atoms with Crippen LogP contribution in [0.15, 0.2) is 12.2 Å². The van der Waals surface area contributed by atoms with Crippen LogP contribution in [0.2, 0.25) is 0 Å². The Morgan fingerprint density at radius 2 is 2.08 bits per heavy atom. The van der Waals surface area contributed by atoms with Crippen molar-refractivity contribution >= 4 is 0 Å². The largest absolute Gasteiger partial charge is 0.346 e. The molecule has 0 N–H and O–H groups in total. The predicted octanol–water partition coefficient (Wildman–Crippen LogP) is 2.49. The number of hydrogen-bond donors (Lipinski definition) is 0. The molecule has 2 nitrogen and oxygen atoms in total. The van der Waals surface area contributed by atoms with Crippen LogP contribution in [0.3, 0.4) is 0 Å². The van der Waals surface area contributed by atoms with Crippen molar-refractivity contribution in [1.29, 1.82) is 0 Å². The first-order valence-corrected chi connectivity index (χ1v) is 5.06. The van der Waals surface area contributed by atoms with E-state index in [1.807, 2.05) is 0 Å². The van der Waals surface area contributed by atoms with Crippen LogP contribution in [-0.2, 0) is 9.47 Å². The van der Waals surface area contributed by atoms with Gasteiger partial charge >= 0.3 is 0 Å². The van der Waals surface area contributed by atoms with Crippen LogP contribution in [0.1, 0.15) is 33.6 Å². The summed E-state index contributed by atoms with van der Waals surface area (Å²) in [6, 6.07) is 0. The first-order chi connectivity index (χ1) is 6.02. The molecule has 0 aliphatic carbocycles. The van der Waals surface area contributed by atoms with Crippen LogP contribution in [0, 0.1) is 5.92 Å². The van der Waals surface area contributed by atoms with Gasteiger partial charge in [-0.15, -0.1) is 0 Å². The highest BCUT2D eigenvalue weighted by molar-refractivity contribution is 5.12. The monoisotopic (exact) mass is 182 g/mol. The fourth-order valence-electron chi connectivity index (χ4n) is 1.94. The lowest BCUT2D eigenvalue weighted by Gasteiger charge is -2.37. The van der Waals surface area contributed by atoms with Crippen LogP contribution in [0.25, 0.3) is 0 Å². The van der Waals surface area contributed by atoms with Gasteiger partial charge in [-0.3, -0.25) is 0 Å². The molecule has 1 saturated heterocycles. The SMILES string of the molecule is C[C@@H]1CC[C@]2(C=CC(C)(C)O2)OC1. The minimum absolute atomic E-state index is 0.152. The fraction of sp³-hybridized carbons (Fsp3) is 0.818. The van der Waals surface area contributed by atoms with Gasteiger partial charge in [0.1, 0.15) is 0 Å². The summed E-state index contributed by atoms with van der Waals surface area (Å²) < 4.78 is 11.7. The zero-order valence-corrected chi connectivity index (χ0v) is 8.67. The third kappa shape index (κ3) is 1.79. The second-order valence-corrected chi connectivity index (χ2v) is 4.81. The molecule has 2 rings (SSSR count). The van der Waals surface area contributed by atoms with Crippen LogP contribution < -0.4 is 0 Å². The summed E-state index contributed by atoms with van der Waals surface area (Å²) >= 11 is 0. The van der Waals surface area contributed by atoms with Crippen LogP contribution in [0.4, 0.5) is 0 Å². The number of hydrogen-bond acceptors (Lipinski definition) is 2. The van der Waals surface area contributed by atoms with Gasteiger partial charge in [-0.1, -0.05) is 13.0 Å². The fourth-order valence-corrected chi connectivity index (χ4v) is 1.94. The smallest absolute Gasteiger partial charge is 0.188 e. The maximum Gasteiger partial charge on any atom is 0.188 e. The van der Waals surface area contributed by atoms with Crippen LogP contribution in [0.5, 0.6) is 0 Å². The maximum atomic E-state index is 5.89. The highest BCUT2D eigenvalue weighted by atomic mass is 16.7. The van der Waals surface area contributed by atoms with Gasteiger partial charge in [0.25, 0.3) is 0 Å². The summed E-state index contributed by atoms with van der Waals surface area (Å²) in [6.07, 6.45) is 6.37. The minimum Gasteiger partial charge on any atom is -0.346 e. The molecule has 0 radical (unpaired) electrons. The Morgan fingerprint density at radius 1 is 1.31 bits per heavy atom. The van der Waals surface area contributed by atoms with Gasteiger partial charge in [0.05, 0.1) is 12.2 Å². The van der Waals surface area contributed by atoms with Crippen molar-refractivity contribution in [2.75, 3.05) is 6.61 Å². The van der Waals surface area contributed by atoms with E-state index in [1.165, 1.54) is 6.42 Å². The lowest BCUT2D eigenvalue weighted by atomic mass is 9.98. The van der Waals surface area contributed by atoms with Crippen molar-refractivity contribution in [2.45, 2.75) is 45.0 Å². The normalized spacial score (nSPS) is 42.8. The molecule has 0 bridgehead atoms. The summed E-state index contributed by atoms with van der Waals surface area (Å²) in [5.41, 5.74) is -0.152. The van der Waals surface area contributed by atoms with Gasteiger partial charge in [0.15, 0.2) is 5.79 Å². The molecule has 0 aromatic rings. The molecule has 74 valence electrons. The third-order valence-corrected chi connectivity index (χ3v) is 2.77. The molecule has 2 aliphatic heterocycles. The molecular formula is C11H18O2. The van der Waals surface area contributed by atoms with Crippen LogP contribution in [-0.4, -0.2) is 18.0 Å². The quantitative estimate of drug-likeness (QED) is 0.536. The van der Waals surface area contributed by atoms with Crippen molar-refractivity contribution in [3.63, 3.8) is 0 Å². The molecule has 13 heavy (non-hydrogen) atoms. The summed E-state index contributed by atoms with van der Waals surface area (Å²) in [4.78, 5) is 0. The maximum absolute atomic E-state index is 5.89. The second kappa shape index (κ2) is 2.82. The average molecular weight is 182 g/mol. The summed E-state index contributed by atoms with van der Waals surface area (Å²) in [5.74, 6) is 0.280. The summed E-state index contributed by atoms with van der Waals surface area (Å²) in [6.45, 7) is 7.18. The third-order valence-electron chi connectivity index (χ3n) is 2.77. The Kier molecular flexibility index (Phi) is 2.00. The molecule has 2 atom stereocenters. The second-order valence-electron chi connectivity index (χ2n) is 4.81. The van der Waals surface area contributed by atoms with E-state index in [1.54, 1.807) is 0 Å². The average Bonchev–Trinajstić information content (AvgIpc) is 2.35. The lowest BCUT2D eigenvalue weighted by Crippen LogP contribution is -2.40. The Bertz CT molecular complexity index is 222. The Labute approximate surface area is 79.9 Å². The van der Waals surface area contributed by atoms with E-state index in [0.29, 0.717) is 5.92 Å². The van der Waals surface area contributed by atoms with Gasteiger partial charge in [-0.2, -0.15) is 0 Å². The molecule has 0 aromatic carbocycles. The van der Waals surface area contributed by atoms with Gasteiger partial charge in [0.2, 0.25) is 0 Å². The van der Waals surface area contributed by atoms with Gasteiger partial charge in [-0.05, 0) is 32.3 Å². The Morgan fingerprint density at radius 3 is 2.54 bits per heavy atom. The molecule has 0 unspecified atom stereocenters.